The predicted molar refractivity (Wildman–Crippen MR) is 77.8 cm³/mol. The van der Waals surface area contributed by atoms with E-state index < -0.39 is 12.0 Å². The Labute approximate surface area is 124 Å². The van der Waals surface area contributed by atoms with Gasteiger partial charge in [0, 0.05) is 13.0 Å². The first-order chi connectivity index (χ1) is 9.99. The standard InChI is InChI=1S/C16H21NO4/c1-11(2)21-8-7-15(18)17-10-13-6-4-3-5-12(13)9-14(17)16(19)20/h3-6,11,14H,7-10H2,1-2H3,(H,19,20)/t14-/m0/s1. The molecule has 5 heteroatoms. The zero-order valence-electron chi connectivity index (χ0n) is 12.4. The van der Waals surface area contributed by atoms with Gasteiger partial charge >= 0.3 is 5.97 Å². The number of carbonyl (C=O) groups excluding carboxylic acids is 1. The van der Waals surface area contributed by atoms with Crippen LogP contribution in [0.1, 0.15) is 31.4 Å². The first-order valence-corrected chi connectivity index (χ1v) is 7.19. The summed E-state index contributed by atoms with van der Waals surface area (Å²) in [6, 6.07) is 6.88. The molecule has 0 unspecified atom stereocenters. The average molecular weight is 291 g/mol. The summed E-state index contributed by atoms with van der Waals surface area (Å²) in [4.78, 5) is 25.2. The van der Waals surface area contributed by atoms with Crippen LogP contribution in [0.5, 0.6) is 0 Å². The molecule has 2 rings (SSSR count). The van der Waals surface area contributed by atoms with Crippen molar-refractivity contribution < 1.29 is 19.4 Å². The van der Waals surface area contributed by atoms with E-state index in [1.54, 1.807) is 0 Å². The van der Waals surface area contributed by atoms with Crippen LogP contribution in [0.15, 0.2) is 24.3 Å². The van der Waals surface area contributed by atoms with Crippen molar-refractivity contribution in [2.24, 2.45) is 0 Å². The molecule has 1 amide bonds. The van der Waals surface area contributed by atoms with Gasteiger partial charge in [-0.05, 0) is 25.0 Å². The van der Waals surface area contributed by atoms with E-state index in [0.717, 1.165) is 11.1 Å². The van der Waals surface area contributed by atoms with Crippen molar-refractivity contribution in [3.63, 3.8) is 0 Å². The second-order valence-corrected chi connectivity index (χ2v) is 5.52. The lowest BCUT2D eigenvalue weighted by Gasteiger charge is -2.34. The Morgan fingerprint density at radius 3 is 2.62 bits per heavy atom. The molecule has 0 aromatic heterocycles. The Bertz CT molecular complexity index is 527. The van der Waals surface area contributed by atoms with Crippen LogP contribution < -0.4 is 0 Å². The molecule has 1 aromatic rings. The van der Waals surface area contributed by atoms with E-state index >= 15 is 0 Å². The second kappa shape index (κ2) is 6.72. The predicted octanol–water partition coefficient (Wildman–Crippen LogP) is 1.84. The molecule has 0 spiro atoms. The highest BCUT2D eigenvalue weighted by atomic mass is 16.5. The zero-order valence-corrected chi connectivity index (χ0v) is 12.4. The van der Waals surface area contributed by atoms with Gasteiger partial charge in [0.25, 0.3) is 0 Å². The van der Waals surface area contributed by atoms with Gasteiger partial charge in [0.15, 0.2) is 0 Å². The van der Waals surface area contributed by atoms with E-state index in [0.29, 0.717) is 19.6 Å². The van der Waals surface area contributed by atoms with Gasteiger partial charge < -0.3 is 14.7 Å². The number of nitrogens with zero attached hydrogens (tertiary/aromatic N) is 1. The summed E-state index contributed by atoms with van der Waals surface area (Å²) in [5.74, 6) is -1.12. The van der Waals surface area contributed by atoms with Crippen molar-refractivity contribution in [1.29, 1.82) is 0 Å². The summed E-state index contributed by atoms with van der Waals surface area (Å²) in [5, 5.41) is 9.37. The molecular formula is C16H21NO4. The van der Waals surface area contributed by atoms with Crippen LogP contribution in [0.25, 0.3) is 0 Å². The molecule has 1 heterocycles. The molecule has 0 fully saturated rings. The molecule has 0 radical (unpaired) electrons. The van der Waals surface area contributed by atoms with Crippen LogP contribution in [0.3, 0.4) is 0 Å². The van der Waals surface area contributed by atoms with Crippen molar-refractivity contribution >= 4 is 11.9 Å². The Kier molecular flexibility index (Phi) is 4.96. The van der Waals surface area contributed by atoms with Crippen molar-refractivity contribution in [3.8, 4) is 0 Å². The Balaban J connectivity index is 2.09. The number of amides is 1. The molecule has 21 heavy (non-hydrogen) atoms. The highest BCUT2D eigenvalue weighted by Gasteiger charge is 2.34. The molecule has 114 valence electrons. The zero-order chi connectivity index (χ0) is 15.4. The van der Waals surface area contributed by atoms with Gasteiger partial charge in [-0.1, -0.05) is 24.3 Å². The van der Waals surface area contributed by atoms with Crippen LogP contribution >= 0.6 is 0 Å². The third kappa shape index (κ3) is 3.82. The van der Waals surface area contributed by atoms with Crippen LogP contribution in [0.4, 0.5) is 0 Å². The minimum atomic E-state index is -0.956. The quantitative estimate of drug-likeness (QED) is 0.899. The summed E-state index contributed by atoms with van der Waals surface area (Å²) in [6.07, 6.45) is 0.641. The lowest BCUT2D eigenvalue weighted by Crippen LogP contribution is -2.48. The number of benzene rings is 1. The number of carboxylic acids is 1. The van der Waals surface area contributed by atoms with Crippen molar-refractivity contribution in [2.45, 2.75) is 45.4 Å². The highest BCUT2D eigenvalue weighted by molar-refractivity contribution is 5.84. The van der Waals surface area contributed by atoms with E-state index in [9.17, 15) is 14.7 Å². The van der Waals surface area contributed by atoms with Crippen LogP contribution in [0.2, 0.25) is 0 Å². The SMILES string of the molecule is CC(C)OCCC(=O)N1Cc2ccccc2C[C@H]1C(=O)O. The Hall–Kier alpha value is -1.88. The van der Waals surface area contributed by atoms with E-state index in [4.69, 9.17) is 4.74 Å². The average Bonchev–Trinajstić information content (AvgIpc) is 2.45. The smallest absolute Gasteiger partial charge is 0.326 e. The monoisotopic (exact) mass is 291 g/mol. The lowest BCUT2D eigenvalue weighted by molar-refractivity contribution is -0.152. The third-order valence-corrected chi connectivity index (χ3v) is 3.62. The summed E-state index contributed by atoms with van der Waals surface area (Å²) >= 11 is 0. The fraction of sp³-hybridized carbons (Fsp3) is 0.500. The fourth-order valence-corrected chi connectivity index (χ4v) is 2.53. The number of aliphatic carboxylic acids is 1. The Morgan fingerprint density at radius 2 is 2.00 bits per heavy atom. The number of fused-ring (bicyclic) bond motifs is 1. The molecule has 1 atom stereocenters. The van der Waals surface area contributed by atoms with E-state index in [1.807, 2.05) is 38.1 Å². The van der Waals surface area contributed by atoms with E-state index in [-0.39, 0.29) is 18.4 Å². The molecule has 1 aromatic carbocycles. The number of hydrogen-bond donors (Lipinski definition) is 1. The molecule has 0 saturated heterocycles. The number of carbonyl (C=O) groups is 2. The van der Waals surface area contributed by atoms with E-state index in [1.165, 1.54) is 4.90 Å². The topological polar surface area (TPSA) is 66.8 Å². The summed E-state index contributed by atoms with van der Waals surface area (Å²) in [5.41, 5.74) is 2.03. The van der Waals surface area contributed by atoms with Gasteiger partial charge in [0.2, 0.25) is 5.91 Å². The first-order valence-electron chi connectivity index (χ1n) is 7.19. The van der Waals surface area contributed by atoms with Crippen molar-refractivity contribution in [2.75, 3.05) is 6.61 Å². The molecule has 0 aliphatic carbocycles. The molecule has 1 aliphatic heterocycles. The minimum absolute atomic E-state index is 0.0650. The van der Waals surface area contributed by atoms with Crippen molar-refractivity contribution in [3.05, 3.63) is 35.4 Å². The normalized spacial score (nSPS) is 17.7. The number of hydrogen-bond acceptors (Lipinski definition) is 3. The van der Waals surface area contributed by atoms with Gasteiger partial charge in [-0.25, -0.2) is 4.79 Å². The molecule has 0 saturated carbocycles. The molecule has 0 bridgehead atoms. The van der Waals surface area contributed by atoms with Crippen LogP contribution in [-0.4, -0.2) is 40.6 Å². The summed E-state index contributed by atoms with van der Waals surface area (Å²) in [6.45, 7) is 4.48. The van der Waals surface area contributed by atoms with Crippen LogP contribution in [0, 0.1) is 0 Å². The number of carboxylic acid groups (broad SMARTS) is 1. The largest absolute Gasteiger partial charge is 0.480 e. The maximum atomic E-state index is 12.3. The first kappa shape index (κ1) is 15.5. The maximum Gasteiger partial charge on any atom is 0.326 e. The summed E-state index contributed by atoms with van der Waals surface area (Å²) < 4.78 is 5.37. The Morgan fingerprint density at radius 1 is 1.33 bits per heavy atom. The van der Waals surface area contributed by atoms with Crippen molar-refractivity contribution in [1.82, 2.24) is 4.90 Å². The molecule has 1 N–H and O–H groups in total. The molecule has 5 nitrogen and oxygen atoms in total. The maximum absolute atomic E-state index is 12.3. The third-order valence-electron chi connectivity index (χ3n) is 3.62. The minimum Gasteiger partial charge on any atom is -0.480 e. The second-order valence-electron chi connectivity index (χ2n) is 5.52. The highest BCUT2D eigenvalue weighted by Crippen LogP contribution is 2.24. The van der Waals surface area contributed by atoms with Crippen LogP contribution in [-0.2, 0) is 27.3 Å². The van der Waals surface area contributed by atoms with Gasteiger partial charge in [-0.15, -0.1) is 0 Å². The molecule has 1 aliphatic rings. The van der Waals surface area contributed by atoms with Gasteiger partial charge in [-0.2, -0.15) is 0 Å². The summed E-state index contributed by atoms with van der Waals surface area (Å²) in [7, 11) is 0. The lowest BCUT2D eigenvalue weighted by atomic mass is 9.94. The molecular weight excluding hydrogens is 270 g/mol. The number of rotatable bonds is 5. The number of ether oxygens (including phenoxy) is 1. The van der Waals surface area contributed by atoms with Gasteiger partial charge in [0.1, 0.15) is 6.04 Å². The fourth-order valence-electron chi connectivity index (χ4n) is 2.53. The van der Waals surface area contributed by atoms with Gasteiger partial charge in [0.05, 0.1) is 19.1 Å². The van der Waals surface area contributed by atoms with Gasteiger partial charge in [-0.3, -0.25) is 4.79 Å². The van der Waals surface area contributed by atoms with E-state index in [2.05, 4.69) is 0 Å².